The molecule has 0 unspecified atom stereocenters. The van der Waals surface area contributed by atoms with Crippen LogP contribution >= 0.6 is 15.9 Å². The highest BCUT2D eigenvalue weighted by molar-refractivity contribution is 9.10. The Bertz CT molecular complexity index is 695. The van der Waals surface area contributed by atoms with Crippen molar-refractivity contribution in [3.63, 3.8) is 0 Å². The number of benzene rings is 2. The van der Waals surface area contributed by atoms with Crippen molar-refractivity contribution in [2.24, 2.45) is 0 Å². The molecule has 24 heavy (non-hydrogen) atoms. The first-order valence-electron chi connectivity index (χ1n) is 8.11. The van der Waals surface area contributed by atoms with Crippen LogP contribution in [0.1, 0.15) is 23.2 Å². The van der Waals surface area contributed by atoms with E-state index in [-0.39, 0.29) is 5.91 Å². The normalized spacial score (nSPS) is 15.3. The molecule has 1 saturated heterocycles. The summed E-state index contributed by atoms with van der Waals surface area (Å²) in [6.45, 7) is 2.00. The Morgan fingerprint density at radius 1 is 1.12 bits per heavy atom. The van der Waals surface area contributed by atoms with Gasteiger partial charge in [-0.1, -0.05) is 12.1 Å². The average Bonchev–Trinajstić information content (AvgIpc) is 2.63. The third kappa shape index (κ3) is 3.97. The number of anilines is 2. The van der Waals surface area contributed by atoms with Gasteiger partial charge in [-0.25, -0.2) is 0 Å². The first-order valence-corrected chi connectivity index (χ1v) is 8.90. The molecular weight excluding hydrogens is 368 g/mol. The van der Waals surface area contributed by atoms with Crippen molar-refractivity contribution in [1.82, 2.24) is 0 Å². The topological polar surface area (TPSA) is 41.6 Å². The number of halogens is 1. The van der Waals surface area contributed by atoms with E-state index in [9.17, 15) is 4.79 Å². The molecule has 0 radical (unpaired) electrons. The summed E-state index contributed by atoms with van der Waals surface area (Å²) < 4.78 is 6.20. The first kappa shape index (κ1) is 17.0. The van der Waals surface area contributed by atoms with E-state index >= 15 is 0 Å². The summed E-state index contributed by atoms with van der Waals surface area (Å²) in [5.41, 5.74) is 2.61. The van der Waals surface area contributed by atoms with E-state index in [0.29, 0.717) is 11.7 Å². The molecule has 1 amide bonds. The number of nitrogens with one attached hydrogen (secondary N) is 1. The highest BCUT2D eigenvalue weighted by atomic mass is 79.9. The number of amides is 1. The summed E-state index contributed by atoms with van der Waals surface area (Å²) in [7, 11) is 1.78. The number of methoxy groups -OCH3 is 1. The summed E-state index contributed by atoms with van der Waals surface area (Å²) in [6, 6.07) is 15.4. The zero-order valence-electron chi connectivity index (χ0n) is 13.7. The number of ether oxygens (including phenoxy) is 1. The Morgan fingerprint density at radius 2 is 1.79 bits per heavy atom. The van der Waals surface area contributed by atoms with E-state index in [1.165, 1.54) is 5.69 Å². The first-order chi connectivity index (χ1) is 11.7. The Labute approximate surface area is 150 Å². The fraction of sp³-hybridized carbons (Fsp3) is 0.316. The minimum atomic E-state index is -0.115. The van der Waals surface area contributed by atoms with Gasteiger partial charge in [-0.3, -0.25) is 4.79 Å². The van der Waals surface area contributed by atoms with E-state index in [0.717, 1.165) is 36.1 Å². The lowest BCUT2D eigenvalue weighted by Crippen LogP contribution is -2.36. The lowest BCUT2D eigenvalue weighted by atomic mass is 10.1. The standard InChI is InChI=1S/C19H21BrN2O2/c1-24-16-10-12-22(13-11-16)15-8-6-14(7-9-15)21-19(23)17-4-2-3-5-18(17)20/h2-9,16H,10-13H2,1H3,(H,21,23). The van der Waals surface area contributed by atoms with Crippen LogP contribution in [0.5, 0.6) is 0 Å². The van der Waals surface area contributed by atoms with Crippen molar-refractivity contribution in [3.05, 3.63) is 58.6 Å². The maximum Gasteiger partial charge on any atom is 0.256 e. The zero-order valence-corrected chi connectivity index (χ0v) is 15.3. The molecule has 126 valence electrons. The van der Waals surface area contributed by atoms with Gasteiger partial charge in [0.25, 0.3) is 5.91 Å². The van der Waals surface area contributed by atoms with Crippen LogP contribution in [0.15, 0.2) is 53.0 Å². The van der Waals surface area contributed by atoms with Crippen LogP contribution in [0, 0.1) is 0 Å². The molecule has 1 aliphatic rings. The summed E-state index contributed by atoms with van der Waals surface area (Å²) in [4.78, 5) is 14.7. The Balaban J connectivity index is 1.63. The maximum absolute atomic E-state index is 12.3. The van der Waals surface area contributed by atoms with Crippen LogP contribution in [0.25, 0.3) is 0 Å². The number of hydrogen-bond donors (Lipinski definition) is 1. The smallest absolute Gasteiger partial charge is 0.256 e. The van der Waals surface area contributed by atoms with Gasteiger partial charge in [0.15, 0.2) is 0 Å². The third-order valence-electron chi connectivity index (χ3n) is 4.38. The molecule has 0 spiro atoms. The Morgan fingerprint density at radius 3 is 2.42 bits per heavy atom. The second kappa shape index (κ2) is 7.81. The number of piperidine rings is 1. The monoisotopic (exact) mass is 388 g/mol. The largest absolute Gasteiger partial charge is 0.381 e. The minimum Gasteiger partial charge on any atom is -0.381 e. The molecule has 1 fully saturated rings. The van der Waals surface area contributed by atoms with Crippen molar-refractivity contribution in [3.8, 4) is 0 Å². The SMILES string of the molecule is COC1CCN(c2ccc(NC(=O)c3ccccc3Br)cc2)CC1. The number of rotatable bonds is 4. The van der Waals surface area contributed by atoms with Crippen LogP contribution < -0.4 is 10.2 Å². The van der Waals surface area contributed by atoms with Gasteiger partial charge in [0.2, 0.25) is 0 Å². The summed E-state index contributed by atoms with van der Waals surface area (Å²) in [6.07, 6.45) is 2.48. The molecule has 4 nitrogen and oxygen atoms in total. The fourth-order valence-electron chi connectivity index (χ4n) is 2.95. The molecule has 1 heterocycles. The average molecular weight is 389 g/mol. The summed E-state index contributed by atoms with van der Waals surface area (Å²) in [5.74, 6) is -0.115. The van der Waals surface area contributed by atoms with Gasteiger partial charge < -0.3 is 15.0 Å². The van der Waals surface area contributed by atoms with Gasteiger partial charge in [0, 0.05) is 36.0 Å². The maximum atomic E-state index is 12.3. The van der Waals surface area contributed by atoms with Gasteiger partial charge in [-0.2, -0.15) is 0 Å². The Kier molecular flexibility index (Phi) is 5.53. The van der Waals surface area contributed by atoms with E-state index in [2.05, 4.69) is 38.3 Å². The molecule has 0 bridgehead atoms. The van der Waals surface area contributed by atoms with Gasteiger partial charge >= 0.3 is 0 Å². The van der Waals surface area contributed by atoms with Crippen molar-refractivity contribution < 1.29 is 9.53 Å². The minimum absolute atomic E-state index is 0.115. The second-order valence-corrected chi connectivity index (χ2v) is 6.76. The number of carbonyl (C=O) groups excluding carboxylic acids is 1. The number of nitrogens with zero attached hydrogens (tertiary/aromatic N) is 1. The van der Waals surface area contributed by atoms with Crippen LogP contribution in [-0.2, 0) is 4.74 Å². The Hall–Kier alpha value is -1.85. The lowest BCUT2D eigenvalue weighted by molar-refractivity contribution is 0.0819. The molecular formula is C19H21BrN2O2. The van der Waals surface area contributed by atoms with Crippen molar-refractivity contribution in [2.45, 2.75) is 18.9 Å². The molecule has 0 atom stereocenters. The van der Waals surface area contributed by atoms with Gasteiger partial charge in [0.1, 0.15) is 0 Å². The molecule has 0 aliphatic carbocycles. The van der Waals surface area contributed by atoms with Crippen molar-refractivity contribution >= 4 is 33.2 Å². The van der Waals surface area contributed by atoms with E-state index < -0.39 is 0 Å². The summed E-state index contributed by atoms with van der Waals surface area (Å²) >= 11 is 3.41. The van der Waals surface area contributed by atoms with Crippen LogP contribution in [0.4, 0.5) is 11.4 Å². The lowest BCUT2D eigenvalue weighted by Gasteiger charge is -2.33. The van der Waals surface area contributed by atoms with Gasteiger partial charge in [-0.15, -0.1) is 0 Å². The summed E-state index contributed by atoms with van der Waals surface area (Å²) in [5, 5.41) is 2.94. The van der Waals surface area contributed by atoms with Crippen molar-refractivity contribution in [2.75, 3.05) is 30.4 Å². The highest BCUT2D eigenvalue weighted by Gasteiger charge is 2.18. The molecule has 0 saturated carbocycles. The molecule has 2 aromatic carbocycles. The van der Waals surface area contributed by atoms with E-state index in [1.807, 2.05) is 30.3 Å². The quantitative estimate of drug-likeness (QED) is 0.847. The molecule has 0 aromatic heterocycles. The highest BCUT2D eigenvalue weighted by Crippen LogP contribution is 2.24. The molecule has 3 rings (SSSR count). The second-order valence-electron chi connectivity index (χ2n) is 5.90. The van der Waals surface area contributed by atoms with Crippen LogP contribution in [0.2, 0.25) is 0 Å². The molecule has 1 aliphatic heterocycles. The molecule has 2 aromatic rings. The zero-order chi connectivity index (χ0) is 16.9. The molecule has 1 N–H and O–H groups in total. The predicted octanol–water partition coefficient (Wildman–Crippen LogP) is 4.32. The molecule has 5 heteroatoms. The van der Waals surface area contributed by atoms with E-state index in [1.54, 1.807) is 13.2 Å². The number of hydrogen-bond acceptors (Lipinski definition) is 3. The fourth-order valence-corrected chi connectivity index (χ4v) is 3.41. The van der Waals surface area contributed by atoms with E-state index in [4.69, 9.17) is 4.74 Å². The van der Waals surface area contributed by atoms with Gasteiger partial charge in [0.05, 0.1) is 11.7 Å². The predicted molar refractivity (Wildman–Crippen MR) is 101 cm³/mol. The number of carbonyl (C=O) groups is 1. The van der Waals surface area contributed by atoms with Crippen molar-refractivity contribution in [1.29, 1.82) is 0 Å². The van der Waals surface area contributed by atoms with Gasteiger partial charge in [-0.05, 0) is 65.2 Å². The van der Waals surface area contributed by atoms with Crippen LogP contribution in [0.3, 0.4) is 0 Å². The third-order valence-corrected chi connectivity index (χ3v) is 5.08. The van der Waals surface area contributed by atoms with Crippen LogP contribution in [-0.4, -0.2) is 32.2 Å².